The summed E-state index contributed by atoms with van der Waals surface area (Å²) in [5, 5.41) is 0.965. The van der Waals surface area contributed by atoms with Crippen molar-refractivity contribution in [1.29, 1.82) is 0 Å². The number of nitrogens with one attached hydrogen (secondary N) is 1. The van der Waals surface area contributed by atoms with Gasteiger partial charge in [-0.25, -0.2) is 4.79 Å². The Morgan fingerprint density at radius 3 is 2.52 bits per heavy atom. The number of carbonyl (C=O) groups excluding carboxylic acids is 1. The predicted octanol–water partition coefficient (Wildman–Crippen LogP) is 4.28. The monoisotopic (exact) mass is 366 g/mol. The topological polar surface area (TPSA) is 54.6 Å². The molecule has 0 aliphatic rings. The number of carbonyl (C=O) groups is 1. The number of esters is 1. The number of aromatic nitrogens is 1. The summed E-state index contributed by atoms with van der Waals surface area (Å²) >= 11 is 0. The van der Waals surface area contributed by atoms with E-state index in [1.807, 2.05) is 52.3 Å². The summed E-state index contributed by atoms with van der Waals surface area (Å²) in [5.74, 6) is 0.939. The van der Waals surface area contributed by atoms with Crippen molar-refractivity contribution in [1.82, 2.24) is 9.88 Å². The molecule has 0 atom stereocenters. The fourth-order valence-electron chi connectivity index (χ4n) is 2.95. The Bertz CT molecular complexity index is 911. The summed E-state index contributed by atoms with van der Waals surface area (Å²) in [6, 6.07) is 12.7. The fraction of sp³-hybridized carbons (Fsp3) is 0.318. The van der Waals surface area contributed by atoms with Crippen molar-refractivity contribution in [2.24, 2.45) is 0 Å². The molecule has 1 N–H and O–H groups in total. The van der Waals surface area contributed by atoms with Gasteiger partial charge in [-0.2, -0.15) is 0 Å². The van der Waals surface area contributed by atoms with E-state index < -0.39 is 0 Å². The van der Waals surface area contributed by atoms with Gasteiger partial charge in [0.2, 0.25) is 0 Å². The number of hydrogen-bond donors (Lipinski definition) is 1. The van der Waals surface area contributed by atoms with Gasteiger partial charge in [-0.3, -0.25) is 0 Å². The molecule has 5 heteroatoms. The highest BCUT2D eigenvalue weighted by Crippen LogP contribution is 2.30. The zero-order valence-corrected chi connectivity index (χ0v) is 16.3. The number of rotatable bonds is 7. The Morgan fingerprint density at radius 1 is 1.11 bits per heavy atom. The van der Waals surface area contributed by atoms with E-state index in [0.717, 1.165) is 35.2 Å². The van der Waals surface area contributed by atoms with Crippen LogP contribution in [0.5, 0.6) is 11.5 Å². The van der Waals surface area contributed by atoms with Crippen LogP contribution in [0.4, 0.5) is 0 Å². The SMILES string of the molecule is CC(C)Oc1ccc(C(=O)Oc2cccc3[nH]cc(CCN(C)C)c23)cc1. The number of likely N-dealkylation sites (N-methyl/N-ethyl adjacent to an activating group) is 1. The minimum atomic E-state index is -0.377. The van der Waals surface area contributed by atoms with Crippen molar-refractivity contribution < 1.29 is 14.3 Å². The van der Waals surface area contributed by atoms with Crippen molar-refractivity contribution in [3.63, 3.8) is 0 Å². The largest absolute Gasteiger partial charge is 0.491 e. The first-order valence-corrected chi connectivity index (χ1v) is 9.16. The summed E-state index contributed by atoms with van der Waals surface area (Å²) in [5.41, 5.74) is 2.60. The molecule has 0 saturated heterocycles. The van der Waals surface area contributed by atoms with Gasteiger partial charge in [-0.05, 0) is 76.3 Å². The quantitative estimate of drug-likeness (QED) is 0.501. The van der Waals surface area contributed by atoms with Crippen LogP contribution in [0.3, 0.4) is 0 Å². The highest BCUT2D eigenvalue weighted by Gasteiger charge is 2.15. The summed E-state index contributed by atoms with van der Waals surface area (Å²) in [7, 11) is 4.09. The molecule has 1 heterocycles. The van der Waals surface area contributed by atoms with Crippen LogP contribution < -0.4 is 9.47 Å². The number of fused-ring (bicyclic) bond motifs is 1. The number of aromatic amines is 1. The Kier molecular flexibility index (Phi) is 5.81. The Labute approximate surface area is 159 Å². The predicted molar refractivity (Wildman–Crippen MR) is 108 cm³/mol. The van der Waals surface area contributed by atoms with Gasteiger partial charge in [0.15, 0.2) is 0 Å². The third-order valence-corrected chi connectivity index (χ3v) is 4.24. The molecule has 0 bridgehead atoms. The molecule has 27 heavy (non-hydrogen) atoms. The second-order valence-corrected chi connectivity index (χ2v) is 7.13. The normalized spacial score (nSPS) is 11.3. The summed E-state index contributed by atoms with van der Waals surface area (Å²) in [4.78, 5) is 18.0. The molecule has 0 aliphatic carbocycles. The van der Waals surface area contributed by atoms with Crippen LogP contribution in [0.15, 0.2) is 48.7 Å². The molecule has 0 fully saturated rings. The Morgan fingerprint density at radius 2 is 1.85 bits per heavy atom. The average Bonchev–Trinajstić information content (AvgIpc) is 3.04. The van der Waals surface area contributed by atoms with Crippen molar-refractivity contribution in [3.05, 3.63) is 59.8 Å². The zero-order valence-electron chi connectivity index (χ0n) is 16.3. The molecule has 0 saturated carbocycles. The lowest BCUT2D eigenvalue weighted by Crippen LogP contribution is -2.15. The second-order valence-electron chi connectivity index (χ2n) is 7.13. The second kappa shape index (κ2) is 8.27. The number of benzene rings is 2. The van der Waals surface area contributed by atoms with Gasteiger partial charge in [0.1, 0.15) is 11.5 Å². The maximum atomic E-state index is 12.6. The molecule has 1 aromatic heterocycles. The summed E-state index contributed by atoms with van der Waals surface area (Å²) in [6.07, 6.45) is 2.96. The summed E-state index contributed by atoms with van der Waals surface area (Å²) < 4.78 is 11.3. The summed E-state index contributed by atoms with van der Waals surface area (Å²) in [6.45, 7) is 4.85. The number of hydrogen-bond acceptors (Lipinski definition) is 4. The molecule has 0 amide bonds. The van der Waals surface area contributed by atoms with E-state index >= 15 is 0 Å². The first-order chi connectivity index (χ1) is 12.9. The molecule has 0 spiro atoms. The lowest BCUT2D eigenvalue weighted by molar-refractivity contribution is 0.0737. The van der Waals surface area contributed by atoms with Gasteiger partial charge in [0.25, 0.3) is 0 Å². The number of ether oxygens (including phenoxy) is 2. The van der Waals surface area contributed by atoms with E-state index in [1.54, 1.807) is 24.3 Å². The van der Waals surface area contributed by atoms with Gasteiger partial charge in [0, 0.05) is 23.6 Å². The van der Waals surface area contributed by atoms with Gasteiger partial charge >= 0.3 is 5.97 Å². The van der Waals surface area contributed by atoms with E-state index in [2.05, 4.69) is 9.88 Å². The minimum absolute atomic E-state index is 0.0922. The molecular formula is C22H26N2O3. The smallest absolute Gasteiger partial charge is 0.343 e. The van der Waals surface area contributed by atoms with E-state index in [0.29, 0.717) is 11.3 Å². The van der Waals surface area contributed by atoms with Crippen LogP contribution in [0.25, 0.3) is 10.9 Å². The standard InChI is InChI=1S/C22H26N2O3/c1-15(2)26-18-10-8-16(9-11-18)22(25)27-20-7-5-6-19-21(20)17(14-23-19)12-13-24(3)4/h5-11,14-15,23H,12-13H2,1-4H3. The Balaban J connectivity index is 1.81. The van der Waals surface area contributed by atoms with E-state index in [1.165, 1.54) is 0 Å². The van der Waals surface area contributed by atoms with Crippen LogP contribution >= 0.6 is 0 Å². The molecule has 3 aromatic rings. The molecule has 0 aliphatic heterocycles. The molecular weight excluding hydrogens is 340 g/mol. The van der Waals surface area contributed by atoms with Crippen molar-refractivity contribution >= 4 is 16.9 Å². The molecule has 2 aromatic carbocycles. The lowest BCUT2D eigenvalue weighted by atomic mass is 10.1. The minimum Gasteiger partial charge on any atom is -0.491 e. The third-order valence-electron chi connectivity index (χ3n) is 4.24. The lowest BCUT2D eigenvalue weighted by Gasteiger charge is -2.11. The highest BCUT2D eigenvalue weighted by atomic mass is 16.5. The number of nitrogens with zero attached hydrogens (tertiary/aromatic N) is 1. The fourth-order valence-corrected chi connectivity index (χ4v) is 2.95. The van der Waals surface area contributed by atoms with Gasteiger partial charge < -0.3 is 19.4 Å². The van der Waals surface area contributed by atoms with Crippen LogP contribution in [0.1, 0.15) is 29.8 Å². The average molecular weight is 366 g/mol. The Hall–Kier alpha value is -2.79. The van der Waals surface area contributed by atoms with Crippen molar-refractivity contribution in [3.8, 4) is 11.5 Å². The van der Waals surface area contributed by atoms with Gasteiger partial charge in [-0.1, -0.05) is 6.07 Å². The van der Waals surface area contributed by atoms with Crippen molar-refractivity contribution in [2.75, 3.05) is 20.6 Å². The van der Waals surface area contributed by atoms with Crippen molar-refractivity contribution in [2.45, 2.75) is 26.4 Å². The third kappa shape index (κ3) is 4.68. The molecule has 0 radical (unpaired) electrons. The highest BCUT2D eigenvalue weighted by molar-refractivity contribution is 5.96. The van der Waals surface area contributed by atoms with Crippen LogP contribution in [-0.2, 0) is 6.42 Å². The molecule has 3 rings (SSSR count). The molecule has 142 valence electrons. The van der Waals surface area contributed by atoms with E-state index in [4.69, 9.17) is 9.47 Å². The zero-order chi connectivity index (χ0) is 19.4. The first kappa shape index (κ1) is 19.0. The first-order valence-electron chi connectivity index (χ1n) is 9.16. The maximum absolute atomic E-state index is 12.6. The van der Waals surface area contributed by atoms with E-state index in [-0.39, 0.29) is 12.1 Å². The van der Waals surface area contributed by atoms with E-state index in [9.17, 15) is 4.79 Å². The number of H-pyrrole nitrogens is 1. The maximum Gasteiger partial charge on any atom is 0.343 e. The van der Waals surface area contributed by atoms with Gasteiger partial charge in [-0.15, -0.1) is 0 Å². The van der Waals surface area contributed by atoms with Crippen LogP contribution in [0, 0.1) is 0 Å². The van der Waals surface area contributed by atoms with Crippen LogP contribution in [0.2, 0.25) is 0 Å². The molecule has 0 unspecified atom stereocenters. The van der Waals surface area contributed by atoms with Crippen LogP contribution in [-0.4, -0.2) is 42.6 Å². The van der Waals surface area contributed by atoms with Gasteiger partial charge in [0.05, 0.1) is 11.7 Å². The molecule has 5 nitrogen and oxygen atoms in total.